The Labute approximate surface area is 145 Å². The van der Waals surface area contributed by atoms with Crippen LogP contribution in [0.25, 0.3) is 6.08 Å². The molecule has 1 atom stereocenters. The lowest BCUT2D eigenvalue weighted by molar-refractivity contribution is -0.146. The van der Waals surface area contributed by atoms with Crippen LogP contribution in [-0.2, 0) is 9.59 Å². The van der Waals surface area contributed by atoms with Gasteiger partial charge in [0, 0.05) is 15.6 Å². The third-order valence-corrected chi connectivity index (χ3v) is 4.86. The second kappa shape index (κ2) is 6.97. The van der Waals surface area contributed by atoms with Crippen LogP contribution in [0.1, 0.15) is 5.56 Å². The molecule has 1 aromatic rings. The van der Waals surface area contributed by atoms with Gasteiger partial charge in [0.15, 0.2) is 6.04 Å². The summed E-state index contributed by atoms with van der Waals surface area (Å²) in [5.74, 6) is -1.94. The summed E-state index contributed by atoms with van der Waals surface area (Å²) in [5, 5.41) is 18.9. The van der Waals surface area contributed by atoms with E-state index >= 15 is 0 Å². The van der Waals surface area contributed by atoms with Crippen LogP contribution >= 0.6 is 47.2 Å². The van der Waals surface area contributed by atoms with Crippen LogP contribution in [0.5, 0.6) is 0 Å². The normalized spacial score (nSPS) is 18.1. The van der Waals surface area contributed by atoms with Crippen molar-refractivity contribution in [2.75, 3.05) is 6.61 Å². The summed E-state index contributed by atoms with van der Waals surface area (Å²) in [5.41, 5.74) is 0.446. The number of thiocarbonyl (C=S) groups is 1. The van der Waals surface area contributed by atoms with E-state index in [1.807, 2.05) is 0 Å². The number of hydrogen-bond acceptors (Lipinski definition) is 5. The molecule has 1 amide bonds. The first-order valence-electron chi connectivity index (χ1n) is 5.91. The number of aliphatic hydroxyl groups is 1. The number of amides is 1. The van der Waals surface area contributed by atoms with E-state index in [-0.39, 0.29) is 9.23 Å². The maximum atomic E-state index is 12.3. The molecule has 116 valence electrons. The molecule has 1 aliphatic rings. The van der Waals surface area contributed by atoms with Gasteiger partial charge in [-0.3, -0.25) is 9.69 Å². The number of carbonyl (C=O) groups is 2. The smallest absolute Gasteiger partial charge is 0.329 e. The lowest BCUT2D eigenvalue weighted by atomic mass is 10.2. The SMILES string of the molecule is O=C(O)C(CO)N1C(=O)/C(=C/c2c(Cl)cccc2Cl)SC1=S. The lowest BCUT2D eigenvalue weighted by Crippen LogP contribution is -2.46. The molecule has 0 aromatic heterocycles. The number of thioether (sulfide) groups is 1. The number of hydrogen-bond donors (Lipinski definition) is 2. The fourth-order valence-electron chi connectivity index (χ4n) is 1.80. The van der Waals surface area contributed by atoms with E-state index < -0.39 is 24.5 Å². The van der Waals surface area contributed by atoms with Gasteiger partial charge in [-0.15, -0.1) is 0 Å². The Balaban J connectivity index is 2.40. The van der Waals surface area contributed by atoms with Crippen molar-refractivity contribution < 1.29 is 19.8 Å². The van der Waals surface area contributed by atoms with E-state index in [0.29, 0.717) is 15.6 Å². The maximum absolute atomic E-state index is 12.3. The highest BCUT2D eigenvalue weighted by atomic mass is 35.5. The Hall–Kier alpha value is -1.12. The van der Waals surface area contributed by atoms with E-state index in [4.69, 9.17) is 45.6 Å². The number of aliphatic hydroxyl groups excluding tert-OH is 1. The number of halogens is 2. The Morgan fingerprint density at radius 1 is 1.41 bits per heavy atom. The summed E-state index contributed by atoms with van der Waals surface area (Å²) < 4.78 is 0.0564. The second-order valence-corrected chi connectivity index (χ2v) is 6.71. The van der Waals surface area contributed by atoms with Gasteiger partial charge in [0.1, 0.15) is 4.32 Å². The molecule has 1 saturated heterocycles. The molecule has 1 aromatic carbocycles. The van der Waals surface area contributed by atoms with Crippen molar-refractivity contribution in [2.45, 2.75) is 6.04 Å². The highest BCUT2D eigenvalue weighted by Gasteiger charge is 2.40. The van der Waals surface area contributed by atoms with Gasteiger partial charge in [0.05, 0.1) is 11.5 Å². The summed E-state index contributed by atoms with van der Waals surface area (Å²) >= 11 is 18.0. The van der Waals surface area contributed by atoms with E-state index in [1.54, 1.807) is 18.2 Å². The van der Waals surface area contributed by atoms with Gasteiger partial charge in [-0.25, -0.2) is 4.79 Å². The van der Waals surface area contributed by atoms with Gasteiger partial charge in [0.25, 0.3) is 5.91 Å². The Bertz CT molecular complexity index is 672. The first kappa shape index (κ1) is 17.2. The summed E-state index contributed by atoms with van der Waals surface area (Å²) in [6.45, 7) is -0.734. The van der Waals surface area contributed by atoms with Gasteiger partial charge in [-0.05, 0) is 18.2 Å². The van der Waals surface area contributed by atoms with Gasteiger partial charge in [-0.2, -0.15) is 0 Å². The van der Waals surface area contributed by atoms with E-state index in [0.717, 1.165) is 16.7 Å². The number of carbonyl (C=O) groups excluding carboxylic acids is 1. The topological polar surface area (TPSA) is 77.8 Å². The van der Waals surface area contributed by atoms with Crippen LogP contribution in [0.15, 0.2) is 23.1 Å². The zero-order valence-electron chi connectivity index (χ0n) is 10.8. The summed E-state index contributed by atoms with van der Waals surface area (Å²) in [4.78, 5) is 24.5. The molecule has 5 nitrogen and oxygen atoms in total. The zero-order valence-corrected chi connectivity index (χ0v) is 14.0. The molecule has 0 saturated carbocycles. The number of benzene rings is 1. The third-order valence-electron chi connectivity index (χ3n) is 2.87. The lowest BCUT2D eigenvalue weighted by Gasteiger charge is -2.20. The molecular weight excluding hydrogens is 369 g/mol. The first-order chi connectivity index (χ1) is 10.4. The molecule has 0 bridgehead atoms. The predicted molar refractivity (Wildman–Crippen MR) is 90.0 cm³/mol. The molecule has 1 fully saturated rings. The van der Waals surface area contributed by atoms with Crippen LogP contribution in [-0.4, -0.2) is 44.0 Å². The Morgan fingerprint density at radius 3 is 2.50 bits per heavy atom. The second-order valence-electron chi connectivity index (χ2n) is 4.22. The molecule has 2 rings (SSSR count). The van der Waals surface area contributed by atoms with Gasteiger partial charge in [-0.1, -0.05) is 53.2 Å². The predicted octanol–water partition coefficient (Wildman–Crippen LogP) is 2.64. The van der Waals surface area contributed by atoms with Crippen LogP contribution in [0.3, 0.4) is 0 Å². The quantitative estimate of drug-likeness (QED) is 0.620. The van der Waals surface area contributed by atoms with Crippen molar-refractivity contribution in [2.24, 2.45) is 0 Å². The highest BCUT2D eigenvalue weighted by molar-refractivity contribution is 8.26. The average molecular weight is 378 g/mol. The number of carboxylic acids is 1. The van der Waals surface area contributed by atoms with Crippen molar-refractivity contribution in [1.82, 2.24) is 4.90 Å². The monoisotopic (exact) mass is 377 g/mol. The minimum absolute atomic E-state index is 0.0564. The van der Waals surface area contributed by atoms with Crippen molar-refractivity contribution in [3.05, 3.63) is 38.7 Å². The fraction of sp³-hybridized carbons (Fsp3) is 0.154. The number of nitrogens with zero attached hydrogens (tertiary/aromatic N) is 1. The van der Waals surface area contributed by atoms with Gasteiger partial charge < -0.3 is 10.2 Å². The number of aliphatic carboxylic acids is 1. The van der Waals surface area contributed by atoms with Gasteiger partial charge in [0.2, 0.25) is 0 Å². The number of carboxylic acid groups (broad SMARTS) is 1. The molecule has 9 heteroatoms. The summed E-state index contributed by atoms with van der Waals surface area (Å²) in [7, 11) is 0. The molecule has 2 N–H and O–H groups in total. The molecule has 1 aliphatic heterocycles. The summed E-state index contributed by atoms with van der Waals surface area (Å²) in [6, 6.07) is 3.49. The molecule has 22 heavy (non-hydrogen) atoms. The summed E-state index contributed by atoms with van der Waals surface area (Å²) in [6.07, 6.45) is 1.46. The van der Waals surface area contributed by atoms with Crippen molar-refractivity contribution >= 4 is 69.5 Å². The fourth-order valence-corrected chi connectivity index (χ4v) is 3.64. The minimum atomic E-state index is -1.42. The van der Waals surface area contributed by atoms with Crippen LogP contribution < -0.4 is 0 Å². The average Bonchev–Trinajstić information content (AvgIpc) is 2.71. The van der Waals surface area contributed by atoms with Crippen LogP contribution in [0.2, 0.25) is 10.0 Å². The molecule has 0 radical (unpaired) electrons. The minimum Gasteiger partial charge on any atom is -0.480 e. The van der Waals surface area contributed by atoms with Crippen molar-refractivity contribution in [3.63, 3.8) is 0 Å². The Morgan fingerprint density at radius 2 is 2.00 bits per heavy atom. The largest absolute Gasteiger partial charge is 0.480 e. The van der Waals surface area contributed by atoms with Crippen LogP contribution in [0.4, 0.5) is 0 Å². The van der Waals surface area contributed by atoms with Gasteiger partial charge >= 0.3 is 5.97 Å². The molecule has 0 aliphatic carbocycles. The van der Waals surface area contributed by atoms with Crippen molar-refractivity contribution in [3.8, 4) is 0 Å². The van der Waals surface area contributed by atoms with E-state index in [1.165, 1.54) is 6.08 Å². The first-order valence-corrected chi connectivity index (χ1v) is 7.89. The zero-order chi connectivity index (χ0) is 16.4. The van der Waals surface area contributed by atoms with E-state index in [2.05, 4.69) is 0 Å². The third kappa shape index (κ3) is 3.28. The van der Waals surface area contributed by atoms with E-state index in [9.17, 15) is 9.59 Å². The highest BCUT2D eigenvalue weighted by Crippen LogP contribution is 2.36. The molecular formula is C13H9Cl2NO4S2. The number of rotatable bonds is 4. The Kier molecular flexibility index (Phi) is 5.46. The maximum Gasteiger partial charge on any atom is 0.329 e. The molecule has 1 unspecified atom stereocenters. The standard InChI is InChI=1S/C13H9Cl2NO4S2/c14-7-2-1-3-8(15)6(7)4-10-11(18)16(13(21)22-10)9(5-17)12(19)20/h1-4,9,17H,5H2,(H,19,20)/b10-4-. The van der Waals surface area contributed by atoms with Crippen molar-refractivity contribution in [1.29, 1.82) is 0 Å². The molecule has 1 heterocycles. The van der Waals surface area contributed by atoms with Crippen LogP contribution in [0, 0.1) is 0 Å². The molecule has 0 spiro atoms.